The second kappa shape index (κ2) is 5.98. The van der Waals surface area contributed by atoms with Gasteiger partial charge in [-0.2, -0.15) is 5.26 Å². The van der Waals surface area contributed by atoms with Crippen molar-refractivity contribution in [2.24, 2.45) is 0 Å². The van der Waals surface area contributed by atoms with Crippen LogP contribution in [0.25, 0.3) is 0 Å². The van der Waals surface area contributed by atoms with E-state index in [1.165, 1.54) is 10.4 Å². The molecule has 18 heavy (non-hydrogen) atoms. The Bertz CT molecular complexity index is 559. The number of sulfonamides is 1. The molecule has 0 bridgehead atoms. The number of nitriles is 1. The van der Waals surface area contributed by atoms with Crippen LogP contribution in [-0.4, -0.2) is 26.3 Å². The van der Waals surface area contributed by atoms with E-state index in [0.717, 1.165) is 12.8 Å². The van der Waals surface area contributed by atoms with Crippen LogP contribution in [0.2, 0.25) is 0 Å². The summed E-state index contributed by atoms with van der Waals surface area (Å²) in [6, 6.07) is 6.69. The van der Waals surface area contributed by atoms with Crippen molar-refractivity contribution >= 4 is 10.0 Å². The lowest BCUT2D eigenvalue weighted by molar-refractivity contribution is 0.459. The second-order valence-corrected chi connectivity index (χ2v) is 6.29. The largest absolute Gasteiger partial charge is 0.243 e. The molecule has 0 saturated heterocycles. The smallest absolute Gasteiger partial charge is 0.207 e. The zero-order valence-electron chi connectivity index (χ0n) is 11.0. The number of rotatable bonds is 5. The van der Waals surface area contributed by atoms with Crippen molar-refractivity contribution in [1.82, 2.24) is 4.31 Å². The molecule has 1 rings (SSSR count). The summed E-state index contributed by atoms with van der Waals surface area (Å²) < 4.78 is 26.0. The van der Waals surface area contributed by atoms with Gasteiger partial charge in [-0.25, -0.2) is 12.7 Å². The average Bonchev–Trinajstić information content (AvgIpc) is 2.36. The molecule has 4 nitrogen and oxygen atoms in total. The number of hydrogen-bond donors (Lipinski definition) is 0. The molecule has 0 N–H and O–H groups in total. The molecule has 98 valence electrons. The van der Waals surface area contributed by atoms with Gasteiger partial charge in [-0.1, -0.05) is 19.4 Å². The van der Waals surface area contributed by atoms with E-state index in [4.69, 9.17) is 5.26 Å². The molecule has 0 fully saturated rings. The molecular formula is C13H18N2O2S. The third-order valence-corrected chi connectivity index (χ3v) is 4.83. The minimum atomic E-state index is -3.49. The van der Waals surface area contributed by atoms with Gasteiger partial charge in [0.1, 0.15) is 0 Å². The van der Waals surface area contributed by atoms with Crippen LogP contribution < -0.4 is 0 Å². The highest BCUT2D eigenvalue weighted by Gasteiger charge is 2.22. The highest BCUT2D eigenvalue weighted by molar-refractivity contribution is 7.89. The van der Waals surface area contributed by atoms with Crippen LogP contribution in [0.5, 0.6) is 0 Å². The molecule has 0 radical (unpaired) electrons. The van der Waals surface area contributed by atoms with Gasteiger partial charge in [0.15, 0.2) is 0 Å². The van der Waals surface area contributed by atoms with Crippen molar-refractivity contribution in [2.75, 3.05) is 13.6 Å². The monoisotopic (exact) mass is 266 g/mol. The topological polar surface area (TPSA) is 61.2 Å². The predicted molar refractivity (Wildman–Crippen MR) is 70.6 cm³/mol. The molecule has 0 aliphatic carbocycles. The van der Waals surface area contributed by atoms with Gasteiger partial charge < -0.3 is 0 Å². The molecule has 0 saturated carbocycles. The van der Waals surface area contributed by atoms with Crippen LogP contribution in [0.3, 0.4) is 0 Å². The molecule has 0 aromatic heterocycles. The summed E-state index contributed by atoms with van der Waals surface area (Å²) in [5.74, 6) is 0. The van der Waals surface area contributed by atoms with Crippen LogP contribution in [0.4, 0.5) is 0 Å². The first-order valence-electron chi connectivity index (χ1n) is 5.90. The number of benzene rings is 1. The van der Waals surface area contributed by atoms with Gasteiger partial charge in [-0.3, -0.25) is 0 Å². The van der Waals surface area contributed by atoms with Gasteiger partial charge in [-0.15, -0.1) is 0 Å². The third-order valence-electron chi connectivity index (χ3n) is 2.83. The molecule has 0 atom stereocenters. The van der Waals surface area contributed by atoms with E-state index in [1.807, 2.05) is 13.0 Å². The van der Waals surface area contributed by atoms with E-state index in [0.29, 0.717) is 17.7 Å². The van der Waals surface area contributed by atoms with Gasteiger partial charge in [-0.05, 0) is 31.0 Å². The highest BCUT2D eigenvalue weighted by atomic mass is 32.2. The molecule has 0 unspecified atom stereocenters. The van der Waals surface area contributed by atoms with Gasteiger partial charge in [0.2, 0.25) is 10.0 Å². The van der Waals surface area contributed by atoms with Crippen molar-refractivity contribution in [3.8, 4) is 6.07 Å². The Kier molecular flexibility index (Phi) is 4.88. The van der Waals surface area contributed by atoms with Crippen molar-refractivity contribution in [3.05, 3.63) is 29.3 Å². The summed E-state index contributed by atoms with van der Waals surface area (Å²) in [4.78, 5) is 0.222. The van der Waals surface area contributed by atoms with Gasteiger partial charge in [0, 0.05) is 13.6 Å². The molecule has 0 spiro atoms. The summed E-state index contributed by atoms with van der Waals surface area (Å²) in [5.41, 5.74) is 1.03. The SMILES string of the molecule is CCCCN(C)S(=O)(=O)c1cc(C#N)ccc1C. The molecule has 0 heterocycles. The van der Waals surface area contributed by atoms with Crippen LogP contribution in [0.15, 0.2) is 23.1 Å². The molecule has 5 heteroatoms. The van der Waals surface area contributed by atoms with Gasteiger partial charge in [0.25, 0.3) is 0 Å². The quantitative estimate of drug-likeness (QED) is 0.821. The van der Waals surface area contributed by atoms with E-state index >= 15 is 0 Å². The fourth-order valence-electron chi connectivity index (χ4n) is 1.62. The first-order valence-corrected chi connectivity index (χ1v) is 7.34. The highest BCUT2D eigenvalue weighted by Crippen LogP contribution is 2.20. The van der Waals surface area contributed by atoms with Crippen molar-refractivity contribution in [1.29, 1.82) is 5.26 Å². The van der Waals surface area contributed by atoms with Crippen LogP contribution in [-0.2, 0) is 10.0 Å². The second-order valence-electron chi connectivity index (χ2n) is 4.27. The minimum Gasteiger partial charge on any atom is -0.207 e. The summed E-state index contributed by atoms with van der Waals surface area (Å²) >= 11 is 0. The Morgan fingerprint density at radius 1 is 1.39 bits per heavy atom. The van der Waals surface area contributed by atoms with E-state index in [9.17, 15) is 8.42 Å². The lowest BCUT2D eigenvalue weighted by Gasteiger charge is -2.18. The Morgan fingerprint density at radius 3 is 2.61 bits per heavy atom. The number of nitrogens with zero attached hydrogens (tertiary/aromatic N) is 2. The standard InChI is InChI=1S/C13H18N2O2S/c1-4-5-8-15(3)18(16,17)13-9-12(10-14)7-6-11(13)2/h6-7,9H,4-5,8H2,1-3H3. The molecular weight excluding hydrogens is 248 g/mol. The number of hydrogen-bond acceptors (Lipinski definition) is 3. The Balaban J connectivity index is 3.16. The van der Waals surface area contributed by atoms with Crippen molar-refractivity contribution in [2.45, 2.75) is 31.6 Å². The predicted octanol–water partition coefficient (Wildman–Crippen LogP) is 2.29. The zero-order chi connectivity index (χ0) is 13.8. The summed E-state index contributed by atoms with van der Waals surface area (Å²) in [5, 5.41) is 8.84. The van der Waals surface area contributed by atoms with Gasteiger partial charge >= 0.3 is 0 Å². The van der Waals surface area contributed by atoms with Crippen LogP contribution >= 0.6 is 0 Å². The first-order chi connectivity index (χ1) is 8.43. The summed E-state index contributed by atoms with van der Waals surface area (Å²) in [7, 11) is -1.92. The molecule has 1 aromatic rings. The maximum atomic E-state index is 12.3. The molecule has 0 aliphatic rings. The Hall–Kier alpha value is -1.38. The van der Waals surface area contributed by atoms with Crippen LogP contribution in [0.1, 0.15) is 30.9 Å². The van der Waals surface area contributed by atoms with Crippen molar-refractivity contribution in [3.63, 3.8) is 0 Å². The number of aryl methyl sites for hydroxylation is 1. The lowest BCUT2D eigenvalue weighted by Crippen LogP contribution is -2.28. The zero-order valence-corrected chi connectivity index (χ0v) is 11.8. The Morgan fingerprint density at radius 2 is 2.06 bits per heavy atom. The van der Waals surface area contributed by atoms with Crippen LogP contribution in [0, 0.1) is 18.3 Å². The molecule has 0 amide bonds. The average molecular weight is 266 g/mol. The molecule has 1 aromatic carbocycles. The fourth-order valence-corrected chi connectivity index (χ4v) is 3.07. The normalized spacial score (nSPS) is 11.5. The van der Waals surface area contributed by atoms with E-state index in [2.05, 4.69) is 0 Å². The number of unbranched alkanes of at least 4 members (excludes halogenated alkanes) is 1. The Labute approximate surface area is 109 Å². The maximum absolute atomic E-state index is 12.3. The third kappa shape index (κ3) is 3.09. The minimum absolute atomic E-state index is 0.222. The first kappa shape index (κ1) is 14.7. The van der Waals surface area contributed by atoms with E-state index < -0.39 is 10.0 Å². The van der Waals surface area contributed by atoms with E-state index in [1.54, 1.807) is 26.1 Å². The lowest BCUT2D eigenvalue weighted by atomic mass is 10.2. The maximum Gasteiger partial charge on any atom is 0.243 e. The summed E-state index contributed by atoms with van der Waals surface area (Å²) in [6.45, 7) is 4.25. The summed E-state index contributed by atoms with van der Waals surface area (Å²) in [6.07, 6.45) is 1.77. The van der Waals surface area contributed by atoms with Gasteiger partial charge in [0.05, 0.1) is 16.5 Å². The molecule has 0 aliphatic heterocycles. The van der Waals surface area contributed by atoms with E-state index in [-0.39, 0.29) is 4.90 Å². The van der Waals surface area contributed by atoms with Crippen molar-refractivity contribution < 1.29 is 8.42 Å². The fraction of sp³-hybridized carbons (Fsp3) is 0.462.